The zero-order valence-electron chi connectivity index (χ0n) is 20.2. The Hall–Kier alpha value is -2.77. The Kier molecular flexibility index (Phi) is 7.63. The summed E-state index contributed by atoms with van der Waals surface area (Å²) in [5, 5.41) is 3.82. The molecule has 0 amide bonds. The Morgan fingerprint density at radius 2 is 1.78 bits per heavy atom. The molecule has 2 aliphatic rings. The van der Waals surface area contributed by atoms with E-state index in [-0.39, 0.29) is 11.1 Å². The summed E-state index contributed by atoms with van der Waals surface area (Å²) in [7, 11) is -1.97. The second-order valence-corrected chi connectivity index (χ2v) is 11.1. The van der Waals surface area contributed by atoms with Crippen molar-refractivity contribution >= 4 is 44.2 Å². The van der Waals surface area contributed by atoms with Crippen LogP contribution in [0.5, 0.6) is 11.5 Å². The molecule has 0 atom stereocenters. The number of nitrogens with one attached hydrogen (secondary N) is 1. The zero-order chi connectivity index (χ0) is 26.0. The number of benzene rings is 2. The van der Waals surface area contributed by atoms with Gasteiger partial charge in [-0.1, -0.05) is 11.6 Å². The number of nitrogens with zero attached hydrogens (tertiary/aromatic N) is 4. The molecular weight excluding hydrogens is 525 g/mol. The van der Waals surface area contributed by atoms with Crippen molar-refractivity contribution in [3.63, 3.8) is 0 Å². The summed E-state index contributed by atoms with van der Waals surface area (Å²) in [6, 6.07) is 7.86. The minimum atomic E-state index is -3.52. The first-order valence-corrected chi connectivity index (χ1v) is 13.7. The SMILES string of the molecule is COc1cc2ncnc(Nc3ccc(F)c(Cl)c3)c2cc1OC1CCN(S(=O)(=O)N2CCOCC2)CC1. The molecule has 0 bridgehead atoms. The van der Waals surface area contributed by atoms with E-state index in [1.165, 1.54) is 27.1 Å². The summed E-state index contributed by atoms with van der Waals surface area (Å²) in [6.07, 6.45) is 2.30. The minimum absolute atomic E-state index is 0.00368. The van der Waals surface area contributed by atoms with Gasteiger partial charge < -0.3 is 19.5 Å². The van der Waals surface area contributed by atoms with Gasteiger partial charge in [0.25, 0.3) is 10.2 Å². The van der Waals surface area contributed by atoms with E-state index in [0.717, 1.165) is 0 Å². The Morgan fingerprint density at radius 3 is 2.49 bits per heavy atom. The van der Waals surface area contributed by atoms with E-state index in [1.807, 2.05) is 0 Å². The van der Waals surface area contributed by atoms with Crippen LogP contribution in [0.3, 0.4) is 0 Å². The Morgan fingerprint density at radius 1 is 1.05 bits per heavy atom. The number of anilines is 2. The normalized spacial score (nSPS) is 18.1. The first-order chi connectivity index (χ1) is 17.8. The van der Waals surface area contributed by atoms with Gasteiger partial charge in [-0.15, -0.1) is 0 Å². The molecule has 0 aliphatic carbocycles. The van der Waals surface area contributed by atoms with Gasteiger partial charge in [0.2, 0.25) is 0 Å². The molecule has 0 saturated carbocycles. The average Bonchev–Trinajstić information content (AvgIpc) is 2.91. The van der Waals surface area contributed by atoms with Crippen LogP contribution >= 0.6 is 11.6 Å². The maximum absolute atomic E-state index is 13.6. The predicted molar refractivity (Wildman–Crippen MR) is 137 cm³/mol. The number of hydrogen-bond donors (Lipinski definition) is 1. The van der Waals surface area contributed by atoms with Gasteiger partial charge in [0, 0.05) is 43.3 Å². The standard InChI is InChI=1S/C24H27ClFN5O5S/c1-34-22-14-21-18(24(28-15-27-21)29-16-2-3-20(26)19(25)12-16)13-23(22)36-17-4-6-30(7-5-17)37(32,33)31-8-10-35-11-9-31/h2-3,12-15,17H,4-11H2,1H3,(H,27,28,29). The molecule has 0 unspecified atom stereocenters. The molecular formula is C24H27ClFN5O5S. The fourth-order valence-corrected chi connectivity index (χ4v) is 6.22. The fraction of sp³-hybridized carbons (Fsp3) is 0.417. The van der Waals surface area contributed by atoms with Crippen LogP contribution in [0.1, 0.15) is 12.8 Å². The van der Waals surface area contributed by atoms with Gasteiger partial charge in [-0.3, -0.25) is 0 Å². The van der Waals surface area contributed by atoms with Crippen molar-refractivity contribution in [3.8, 4) is 11.5 Å². The number of halogens is 2. The lowest BCUT2D eigenvalue weighted by Gasteiger charge is -2.36. The van der Waals surface area contributed by atoms with Crippen LogP contribution in [-0.2, 0) is 14.9 Å². The third-order valence-electron chi connectivity index (χ3n) is 6.42. The highest BCUT2D eigenvalue weighted by Gasteiger charge is 2.34. The number of methoxy groups -OCH3 is 1. The third kappa shape index (κ3) is 5.58. The molecule has 2 aromatic carbocycles. The highest BCUT2D eigenvalue weighted by Crippen LogP contribution is 2.36. The summed E-state index contributed by atoms with van der Waals surface area (Å²) in [5.74, 6) is 0.986. The first kappa shape index (κ1) is 25.9. The zero-order valence-corrected chi connectivity index (χ0v) is 21.8. The summed E-state index contributed by atoms with van der Waals surface area (Å²) >= 11 is 5.92. The van der Waals surface area contributed by atoms with Gasteiger partial charge >= 0.3 is 0 Å². The number of hydrogen-bond acceptors (Lipinski definition) is 8. The van der Waals surface area contributed by atoms with E-state index in [0.29, 0.717) is 86.1 Å². The number of morpholine rings is 1. The predicted octanol–water partition coefficient (Wildman–Crippen LogP) is 3.59. The Labute approximate surface area is 219 Å². The van der Waals surface area contributed by atoms with Crippen LogP contribution in [0, 0.1) is 5.82 Å². The second kappa shape index (κ2) is 10.9. The van der Waals surface area contributed by atoms with Crippen LogP contribution < -0.4 is 14.8 Å². The molecule has 3 aromatic rings. The summed E-state index contributed by atoms with van der Waals surface area (Å²) in [5.41, 5.74) is 1.19. The highest BCUT2D eigenvalue weighted by atomic mass is 35.5. The topological polar surface area (TPSA) is 106 Å². The number of aromatic nitrogens is 2. The molecule has 0 spiro atoms. The van der Waals surface area contributed by atoms with Crippen LogP contribution in [0.25, 0.3) is 10.9 Å². The second-order valence-electron chi connectivity index (χ2n) is 8.73. The van der Waals surface area contributed by atoms with Crippen molar-refractivity contribution in [3.05, 3.63) is 47.5 Å². The number of ether oxygens (including phenoxy) is 3. The number of fused-ring (bicyclic) bond motifs is 1. The molecule has 198 valence electrons. The number of piperidine rings is 1. The van der Waals surface area contributed by atoms with E-state index >= 15 is 0 Å². The van der Waals surface area contributed by atoms with E-state index in [9.17, 15) is 12.8 Å². The minimum Gasteiger partial charge on any atom is -0.493 e. The lowest BCUT2D eigenvalue weighted by molar-refractivity contribution is 0.0676. The molecule has 1 N–H and O–H groups in total. The van der Waals surface area contributed by atoms with Crippen molar-refractivity contribution in [2.75, 3.05) is 51.8 Å². The summed E-state index contributed by atoms with van der Waals surface area (Å²) < 4.78 is 59.6. The van der Waals surface area contributed by atoms with Crippen LogP contribution in [0.4, 0.5) is 15.9 Å². The van der Waals surface area contributed by atoms with E-state index < -0.39 is 16.0 Å². The van der Waals surface area contributed by atoms with Gasteiger partial charge in [0.05, 0.1) is 30.9 Å². The molecule has 2 aliphatic heterocycles. The lowest BCUT2D eigenvalue weighted by Crippen LogP contribution is -2.51. The van der Waals surface area contributed by atoms with Gasteiger partial charge in [0.1, 0.15) is 24.1 Å². The van der Waals surface area contributed by atoms with Crippen molar-refractivity contribution < 1.29 is 27.0 Å². The van der Waals surface area contributed by atoms with Gasteiger partial charge in [-0.2, -0.15) is 17.0 Å². The number of rotatable bonds is 7. The summed E-state index contributed by atoms with van der Waals surface area (Å²) in [4.78, 5) is 8.67. The van der Waals surface area contributed by atoms with E-state index in [2.05, 4.69) is 15.3 Å². The molecule has 5 rings (SSSR count). The van der Waals surface area contributed by atoms with Crippen molar-refractivity contribution in [1.82, 2.24) is 18.6 Å². The smallest absolute Gasteiger partial charge is 0.282 e. The van der Waals surface area contributed by atoms with Crippen LogP contribution in [0.15, 0.2) is 36.7 Å². The molecule has 0 radical (unpaired) electrons. The fourth-order valence-electron chi connectivity index (χ4n) is 4.43. The van der Waals surface area contributed by atoms with Crippen molar-refractivity contribution in [2.24, 2.45) is 0 Å². The quantitative estimate of drug-likeness (QED) is 0.475. The highest BCUT2D eigenvalue weighted by molar-refractivity contribution is 7.86. The largest absolute Gasteiger partial charge is 0.493 e. The third-order valence-corrected chi connectivity index (χ3v) is 8.75. The van der Waals surface area contributed by atoms with Gasteiger partial charge in [-0.05, 0) is 37.1 Å². The molecule has 37 heavy (non-hydrogen) atoms. The molecule has 13 heteroatoms. The van der Waals surface area contributed by atoms with E-state index in [1.54, 1.807) is 25.3 Å². The van der Waals surface area contributed by atoms with E-state index in [4.69, 9.17) is 25.8 Å². The first-order valence-electron chi connectivity index (χ1n) is 11.9. The van der Waals surface area contributed by atoms with Crippen molar-refractivity contribution in [2.45, 2.75) is 18.9 Å². The maximum Gasteiger partial charge on any atom is 0.282 e. The van der Waals surface area contributed by atoms with Gasteiger partial charge in [0.15, 0.2) is 11.5 Å². The molecule has 2 saturated heterocycles. The van der Waals surface area contributed by atoms with Crippen LogP contribution in [-0.4, -0.2) is 79.6 Å². The Balaban J connectivity index is 1.33. The molecule has 10 nitrogen and oxygen atoms in total. The Bertz CT molecular complexity index is 1380. The van der Waals surface area contributed by atoms with Gasteiger partial charge in [-0.25, -0.2) is 14.4 Å². The lowest BCUT2D eigenvalue weighted by atomic mass is 10.1. The maximum atomic E-state index is 13.6. The molecule has 3 heterocycles. The average molecular weight is 552 g/mol. The van der Waals surface area contributed by atoms with Crippen molar-refractivity contribution in [1.29, 1.82) is 0 Å². The monoisotopic (exact) mass is 551 g/mol. The molecule has 2 fully saturated rings. The van der Waals surface area contributed by atoms with Crippen LogP contribution in [0.2, 0.25) is 5.02 Å². The summed E-state index contributed by atoms with van der Waals surface area (Å²) in [6.45, 7) is 2.29. The molecule has 1 aromatic heterocycles.